The molecule has 1 atom stereocenters. The first-order valence-corrected chi connectivity index (χ1v) is 7.42. The van der Waals surface area contributed by atoms with E-state index in [1.807, 2.05) is 6.07 Å². The van der Waals surface area contributed by atoms with E-state index in [1.54, 1.807) is 6.07 Å². The van der Waals surface area contributed by atoms with Gasteiger partial charge in [0, 0.05) is 18.1 Å². The molecule has 1 saturated heterocycles. The molecule has 0 aromatic heterocycles. The van der Waals surface area contributed by atoms with Crippen molar-refractivity contribution in [3.63, 3.8) is 0 Å². The van der Waals surface area contributed by atoms with Crippen LogP contribution in [-0.2, 0) is 20.7 Å². The molecule has 116 valence electrons. The molecule has 1 unspecified atom stereocenters. The van der Waals surface area contributed by atoms with Crippen molar-refractivity contribution in [2.45, 2.75) is 12.5 Å². The number of anilines is 1. The maximum Gasteiger partial charge on any atom is 0.322 e. The number of nitrogens with zero attached hydrogens (tertiary/aromatic N) is 1. The van der Waals surface area contributed by atoms with Gasteiger partial charge in [0.15, 0.2) is 0 Å². The fourth-order valence-electron chi connectivity index (χ4n) is 2.25. The minimum absolute atomic E-state index is 0.286. The normalized spacial score (nSPS) is 16.7. The van der Waals surface area contributed by atoms with Crippen LogP contribution in [-0.4, -0.2) is 45.4 Å². The standard InChI is InChI=1S/C14H18Cl2N2O3/c1-20-14(19)12(17)7-9-6-11(16)13(8-10(9)15)18-2-4-21-5-3-18/h6,8,12H,2-5,7,17H2,1H3. The van der Waals surface area contributed by atoms with Crippen LogP contribution in [0.4, 0.5) is 5.69 Å². The summed E-state index contributed by atoms with van der Waals surface area (Å²) in [6.07, 6.45) is 0.286. The quantitative estimate of drug-likeness (QED) is 0.853. The van der Waals surface area contributed by atoms with Gasteiger partial charge >= 0.3 is 5.97 Å². The van der Waals surface area contributed by atoms with Gasteiger partial charge in [0.1, 0.15) is 6.04 Å². The molecule has 0 spiro atoms. The first-order valence-electron chi connectivity index (χ1n) is 6.67. The summed E-state index contributed by atoms with van der Waals surface area (Å²) >= 11 is 12.6. The third-order valence-electron chi connectivity index (χ3n) is 3.41. The number of methoxy groups -OCH3 is 1. The molecule has 0 saturated carbocycles. The van der Waals surface area contributed by atoms with Crippen molar-refractivity contribution >= 4 is 34.9 Å². The number of morpholine rings is 1. The molecule has 1 aromatic rings. The molecular formula is C14H18Cl2N2O3. The zero-order chi connectivity index (χ0) is 15.4. The Hall–Kier alpha value is -1.01. The lowest BCUT2D eigenvalue weighted by molar-refractivity contribution is -0.142. The van der Waals surface area contributed by atoms with Gasteiger partial charge in [-0.15, -0.1) is 0 Å². The Morgan fingerprint density at radius 2 is 2.05 bits per heavy atom. The molecule has 1 heterocycles. The summed E-state index contributed by atoms with van der Waals surface area (Å²) in [6, 6.07) is 2.82. The Labute approximate surface area is 133 Å². The molecule has 5 nitrogen and oxygen atoms in total. The van der Waals surface area contributed by atoms with E-state index in [1.165, 1.54) is 7.11 Å². The smallest absolute Gasteiger partial charge is 0.322 e. The predicted octanol–water partition coefficient (Wildman–Crippen LogP) is 1.87. The molecule has 1 fully saturated rings. The first kappa shape index (κ1) is 16.4. The van der Waals surface area contributed by atoms with Crippen molar-refractivity contribution < 1.29 is 14.3 Å². The molecule has 0 bridgehead atoms. The highest BCUT2D eigenvalue weighted by Crippen LogP contribution is 2.33. The molecule has 1 aliphatic heterocycles. The lowest BCUT2D eigenvalue weighted by Crippen LogP contribution is -2.36. The van der Waals surface area contributed by atoms with Crippen molar-refractivity contribution in [2.75, 3.05) is 38.3 Å². The maximum atomic E-state index is 11.4. The molecule has 0 aliphatic carbocycles. The number of rotatable bonds is 4. The summed E-state index contributed by atoms with van der Waals surface area (Å²) in [7, 11) is 1.30. The minimum Gasteiger partial charge on any atom is -0.468 e. The summed E-state index contributed by atoms with van der Waals surface area (Å²) < 4.78 is 9.93. The van der Waals surface area contributed by atoms with Crippen LogP contribution in [0.3, 0.4) is 0 Å². The summed E-state index contributed by atoms with van der Waals surface area (Å²) in [5.74, 6) is -0.473. The lowest BCUT2D eigenvalue weighted by atomic mass is 10.1. The highest BCUT2D eigenvalue weighted by Gasteiger charge is 2.20. The van der Waals surface area contributed by atoms with E-state index in [0.29, 0.717) is 23.3 Å². The number of benzene rings is 1. The number of carbonyl (C=O) groups excluding carboxylic acids is 1. The van der Waals surface area contributed by atoms with Crippen molar-refractivity contribution in [3.05, 3.63) is 27.7 Å². The Kier molecular flexibility index (Phi) is 5.70. The van der Waals surface area contributed by atoms with Crippen molar-refractivity contribution in [2.24, 2.45) is 5.73 Å². The molecule has 0 amide bonds. The summed E-state index contributed by atoms with van der Waals surface area (Å²) in [5, 5.41) is 1.13. The van der Waals surface area contributed by atoms with Crippen LogP contribution in [0, 0.1) is 0 Å². The largest absolute Gasteiger partial charge is 0.468 e. The highest BCUT2D eigenvalue weighted by atomic mass is 35.5. The molecule has 21 heavy (non-hydrogen) atoms. The Bertz CT molecular complexity index is 519. The van der Waals surface area contributed by atoms with E-state index in [-0.39, 0.29) is 6.42 Å². The number of hydrogen-bond donors (Lipinski definition) is 1. The number of carbonyl (C=O) groups is 1. The van der Waals surface area contributed by atoms with Gasteiger partial charge in [-0.05, 0) is 24.1 Å². The lowest BCUT2D eigenvalue weighted by Gasteiger charge is -2.30. The summed E-state index contributed by atoms with van der Waals surface area (Å²) in [4.78, 5) is 13.5. The van der Waals surface area contributed by atoms with Crippen LogP contribution >= 0.6 is 23.2 Å². The summed E-state index contributed by atoms with van der Waals surface area (Å²) in [5.41, 5.74) is 7.36. The topological polar surface area (TPSA) is 64.8 Å². The van der Waals surface area contributed by atoms with Gasteiger partial charge in [0.25, 0.3) is 0 Å². The van der Waals surface area contributed by atoms with Gasteiger partial charge in [-0.3, -0.25) is 4.79 Å². The number of ether oxygens (including phenoxy) is 2. The molecule has 2 N–H and O–H groups in total. The average molecular weight is 333 g/mol. The van der Waals surface area contributed by atoms with E-state index in [4.69, 9.17) is 33.7 Å². The maximum absolute atomic E-state index is 11.4. The number of esters is 1. The van der Waals surface area contributed by atoms with Gasteiger partial charge in [-0.25, -0.2) is 0 Å². The van der Waals surface area contributed by atoms with E-state index in [0.717, 1.165) is 24.3 Å². The van der Waals surface area contributed by atoms with Crippen molar-refractivity contribution in [1.82, 2.24) is 0 Å². The van der Waals surface area contributed by atoms with Crippen LogP contribution in [0.25, 0.3) is 0 Å². The number of halogens is 2. The summed E-state index contributed by atoms with van der Waals surface area (Å²) in [6.45, 7) is 2.89. The fraction of sp³-hybridized carbons (Fsp3) is 0.500. The SMILES string of the molecule is COC(=O)C(N)Cc1cc(Cl)c(N2CCOCC2)cc1Cl. The van der Waals surface area contributed by atoms with E-state index >= 15 is 0 Å². The predicted molar refractivity (Wildman–Crippen MR) is 83.2 cm³/mol. The van der Waals surface area contributed by atoms with Gasteiger partial charge < -0.3 is 20.1 Å². The zero-order valence-electron chi connectivity index (χ0n) is 11.8. The van der Waals surface area contributed by atoms with Crippen LogP contribution in [0.5, 0.6) is 0 Å². The second-order valence-corrected chi connectivity index (χ2v) is 5.64. The molecular weight excluding hydrogens is 315 g/mol. The molecule has 7 heteroatoms. The molecule has 1 aromatic carbocycles. The van der Waals surface area contributed by atoms with Gasteiger partial charge in [0.05, 0.1) is 31.0 Å². The molecule has 1 aliphatic rings. The fourth-order valence-corrected chi connectivity index (χ4v) is 2.79. The van der Waals surface area contributed by atoms with Crippen molar-refractivity contribution in [1.29, 1.82) is 0 Å². The zero-order valence-corrected chi connectivity index (χ0v) is 13.3. The Morgan fingerprint density at radius 3 is 2.67 bits per heavy atom. The Balaban J connectivity index is 2.18. The Morgan fingerprint density at radius 1 is 1.38 bits per heavy atom. The van der Waals surface area contributed by atoms with Crippen molar-refractivity contribution in [3.8, 4) is 0 Å². The van der Waals surface area contributed by atoms with Crippen LogP contribution in [0.1, 0.15) is 5.56 Å². The van der Waals surface area contributed by atoms with E-state index in [2.05, 4.69) is 9.64 Å². The van der Waals surface area contributed by atoms with Crippen LogP contribution in [0.15, 0.2) is 12.1 Å². The first-order chi connectivity index (χ1) is 10.0. The van der Waals surface area contributed by atoms with Gasteiger partial charge in [0.2, 0.25) is 0 Å². The van der Waals surface area contributed by atoms with Crippen LogP contribution in [0.2, 0.25) is 10.0 Å². The third-order valence-corrected chi connectivity index (χ3v) is 4.07. The van der Waals surface area contributed by atoms with Crippen LogP contribution < -0.4 is 10.6 Å². The monoisotopic (exact) mass is 332 g/mol. The minimum atomic E-state index is -0.752. The van der Waals surface area contributed by atoms with E-state index < -0.39 is 12.0 Å². The average Bonchev–Trinajstić information content (AvgIpc) is 2.50. The molecule has 0 radical (unpaired) electrons. The second kappa shape index (κ2) is 7.31. The highest BCUT2D eigenvalue weighted by molar-refractivity contribution is 6.35. The number of nitrogens with two attached hydrogens (primary N) is 1. The molecule has 2 rings (SSSR count). The van der Waals surface area contributed by atoms with Gasteiger partial charge in [-0.1, -0.05) is 23.2 Å². The third kappa shape index (κ3) is 4.01. The van der Waals surface area contributed by atoms with Gasteiger partial charge in [-0.2, -0.15) is 0 Å². The second-order valence-electron chi connectivity index (χ2n) is 4.83. The number of hydrogen-bond acceptors (Lipinski definition) is 5. The van der Waals surface area contributed by atoms with E-state index in [9.17, 15) is 4.79 Å².